The van der Waals surface area contributed by atoms with Gasteiger partial charge in [0.15, 0.2) is 11.5 Å². The van der Waals surface area contributed by atoms with E-state index in [0.29, 0.717) is 43.3 Å². The van der Waals surface area contributed by atoms with E-state index in [2.05, 4.69) is 43.0 Å². The fourth-order valence-corrected chi connectivity index (χ4v) is 6.65. The van der Waals surface area contributed by atoms with Gasteiger partial charge in [-0.1, -0.05) is 80.3 Å². The van der Waals surface area contributed by atoms with Crippen molar-refractivity contribution in [3.63, 3.8) is 0 Å². The predicted octanol–water partition coefficient (Wildman–Crippen LogP) is 7.66. The third-order valence-electron chi connectivity index (χ3n) is 9.22. The second-order valence-electron chi connectivity index (χ2n) is 12.3. The first-order valence-corrected chi connectivity index (χ1v) is 15.8. The molecule has 0 unspecified atom stereocenters. The largest absolute Gasteiger partial charge is 0.508 e. The van der Waals surface area contributed by atoms with Crippen molar-refractivity contribution in [2.45, 2.75) is 70.5 Å². The summed E-state index contributed by atoms with van der Waals surface area (Å²) in [5.74, 6) is 7.93. The number of fused-ring (bicyclic) bond motifs is 1. The minimum atomic E-state index is -0.730. The van der Waals surface area contributed by atoms with E-state index < -0.39 is 12.2 Å². The molecule has 4 aromatic rings. The quantitative estimate of drug-likeness (QED) is 0.150. The van der Waals surface area contributed by atoms with Crippen molar-refractivity contribution in [1.82, 2.24) is 0 Å². The number of phenolic OH excluding ortho intramolecular Hbond substituents is 2. The van der Waals surface area contributed by atoms with E-state index >= 15 is 0 Å². The van der Waals surface area contributed by atoms with Gasteiger partial charge >= 0.3 is 0 Å². The number of phenols is 2. The summed E-state index contributed by atoms with van der Waals surface area (Å²) in [6.45, 7) is 2.28. The summed E-state index contributed by atoms with van der Waals surface area (Å²) in [4.78, 5) is 0. The number of aliphatic hydroxyl groups is 2. The molecule has 5 rings (SSSR count). The molecule has 0 saturated carbocycles. The Hall–Kier alpha value is -3.98. The molecule has 1 aliphatic rings. The third-order valence-corrected chi connectivity index (χ3v) is 9.22. The van der Waals surface area contributed by atoms with Gasteiger partial charge in [-0.25, -0.2) is 0 Å². The molecule has 1 aliphatic carbocycles. The monoisotopic (exact) mass is 592 g/mol. The van der Waals surface area contributed by atoms with Crippen molar-refractivity contribution in [3.05, 3.63) is 90.0 Å². The second kappa shape index (κ2) is 14.7. The maximum atomic E-state index is 11.4. The molecule has 0 heterocycles. The molecule has 5 heteroatoms. The molecule has 5 nitrogen and oxygen atoms in total. The number of hydrogen-bond donors (Lipinski definition) is 4. The van der Waals surface area contributed by atoms with Crippen LogP contribution < -0.4 is 4.74 Å². The number of benzene rings is 4. The van der Waals surface area contributed by atoms with Gasteiger partial charge in [0.2, 0.25) is 0 Å². The molecule has 4 N–H and O–H groups in total. The highest BCUT2D eigenvalue weighted by Crippen LogP contribution is 2.42. The number of ether oxygens (including phenoxy) is 1. The van der Waals surface area contributed by atoms with Crippen LogP contribution in [0.15, 0.2) is 78.9 Å². The van der Waals surface area contributed by atoms with Crippen LogP contribution in [-0.2, 0) is 12.8 Å². The Labute approximate surface area is 261 Å². The summed E-state index contributed by atoms with van der Waals surface area (Å²) in [5.41, 5.74) is 3.92. The van der Waals surface area contributed by atoms with Crippen LogP contribution in [0.1, 0.15) is 56.6 Å². The second-order valence-corrected chi connectivity index (χ2v) is 12.3. The van der Waals surface area contributed by atoms with E-state index in [1.54, 1.807) is 25.3 Å². The molecule has 0 aromatic heterocycles. The van der Waals surface area contributed by atoms with Gasteiger partial charge in [0.25, 0.3) is 0 Å². The maximum Gasteiger partial charge on any atom is 0.168 e. The smallest absolute Gasteiger partial charge is 0.168 e. The Balaban J connectivity index is 1.33. The summed E-state index contributed by atoms with van der Waals surface area (Å²) in [6.07, 6.45) is 4.71. The Morgan fingerprint density at radius 3 is 2.45 bits per heavy atom. The van der Waals surface area contributed by atoms with Crippen molar-refractivity contribution >= 4 is 10.8 Å². The average molecular weight is 593 g/mol. The van der Waals surface area contributed by atoms with E-state index in [9.17, 15) is 20.4 Å². The van der Waals surface area contributed by atoms with Gasteiger partial charge in [-0.05, 0) is 89.8 Å². The van der Waals surface area contributed by atoms with Gasteiger partial charge in [0, 0.05) is 23.8 Å². The molecule has 0 spiro atoms. The van der Waals surface area contributed by atoms with Crippen LogP contribution >= 0.6 is 0 Å². The first-order valence-electron chi connectivity index (χ1n) is 15.8. The fraction of sp³-hybridized carbons (Fsp3) is 0.385. The van der Waals surface area contributed by atoms with Gasteiger partial charge in [0.1, 0.15) is 5.75 Å². The molecule has 230 valence electrons. The average Bonchev–Trinajstić information content (AvgIpc) is 3.03. The van der Waals surface area contributed by atoms with Crippen LogP contribution in [0.4, 0.5) is 0 Å². The Morgan fingerprint density at radius 1 is 0.909 bits per heavy atom. The van der Waals surface area contributed by atoms with Gasteiger partial charge in [-0.2, -0.15) is 0 Å². The number of methoxy groups -OCH3 is 1. The Morgan fingerprint density at radius 2 is 1.66 bits per heavy atom. The lowest BCUT2D eigenvalue weighted by Gasteiger charge is -2.28. The highest BCUT2D eigenvalue weighted by Gasteiger charge is 2.28. The van der Waals surface area contributed by atoms with E-state index in [-0.39, 0.29) is 17.4 Å². The number of aliphatic hydroxyl groups excluding tert-OH is 2. The van der Waals surface area contributed by atoms with E-state index in [0.717, 1.165) is 53.1 Å². The first-order chi connectivity index (χ1) is 21.3. The standard InChI is InChI=1S/C39H44O5/c1-26(23-27-9-4-3-5-10-27)28-11-6-7-14-35(41)34(13-8-12-28)36(42)21-18-29-19-22-37(43)39(44-2)38(29)32-16-15-31-25-33(40)20-17-30(31)24-32/h3-5,9-10,15-17,19-20,22,24-26,28,34-36,40-43H,6-7,11,13-14,18,21,23H2,1-2H3/t26-,28-,34+,35+,36-/m1/s1. The van der Waals surface area contributed by atoms with E-state index in [1.165, 1.54) is 5.56 Å². The summed E-state index contributed by atoms with van der Waals surface area (Å²) >= 11 is 0. The molecule has 0 amide bonds. The first kappa shape index (κ1) is 31.4. The zero-order chi connectivity index (χ0) is 31.1. The molecular formula is C39H44O5. The Kier molecular flexibility index (Phi) is 10.5. The van der Waals surface area contributed by atoms with Crippen molar-refractivity contribution in [2.24, 2.45) is 17.8 Å². The Bertz CT molecular complexity index is 1600. The zero-order valence-corrected chi connectivity index (χ0v) is 25.7. The summed E-state index contributed by atoms with van der Waals surface area (Å²) in [5, 5.41) is 44.9. The number of rotatable bonds is 9. The summed E-state index contributed by atoms with van der Waals surface area (Å²) in [7, 11) is 1.54. The van der Waals surface area contributed by atoms with Gasteiger partial charge in [-0.15, -0.1) is 5.92 Å². The van der Waals surface area contributed by atoms with Crippen LogP contribution in [0.5, 0.6) is 17.2 Å². The predicted molar refractivity (Wildman–Crippen MR) is 177 cm³/mol. The molecular weight excluding hydrogens is 548 g/mol. The van der Waals surface area contributed by atoms with Crippen LogP contribution in [0, 0.1) is 29.6 Å². The highest BCUT2D eigenvalue weighted by atomic mass is 16.5. The van der Waals surface area contributed by atoms with Crippen LogP contribution in [-0.4, -0.2) is 39.7 Å². The molecule has 5 atom stereocenters. The minimum absolute atomic E-state index is 0.0479. The van der Waals surface area contributed by atoms with Crippen molar-refractivity contribution in [3.8, 4) is 40.2 Å². The van der Waals surface area contributed by atoms with Gasteiger partial charge < -0.3 is 25.2 Å². The van der Waals surface area contributed by atoms with Crippen molar-refractivity contribution in [1.29, 1.82) is 0 Å². The maximum absolute atomic E-state index is 11.4. The number of aromatic hydroxyl groups is 2. The van der Waals surface area contributed by atoms with Crippen LogP contribution in [0.25, 0.3) is 21.9 Å². The fourth-order valence-electron chi connectivity index (χ4n) is 6.65. The highest BCUT2D eigenvalue weighted by molar-refractivity contribution is 5.90. The van der Waals surface area contributed by atoms with E-state index in [1.807, 2.05) is 36.4 Å². The molecule has 0 saturated heterocycles. The third kappa shape index (κ3) is 7.56. The topological polar surface area (TPSA) is 90.2 Å². The molecule has 0 fully saturated rings. The normalized spacial score (nSPS) is 20.3. The van der Waals surface area contributed by atoms with Crippen molar-refractivity contribution < 1.29 is 25.2 Å². The van der Waals surface area contributed by atoms with Gasteiger partial charge in [0.05, 0.1) is 19.3 Å². The lowest BCUT2D eigenvalue weighted by molar-refractivity contribution is 0.00554. The SMILES string of the molecule is COc1c(O)ccc(CC[C@@H](O)[C@H]2CC#C[C@H]([C@H](C)Cc3ccccc3)CCCC[C@@H]2O)c1-c1ccc2cc(O)ccc2c1. The van der Waals surface area contributed by atoms with Crippen molar-refractivity contribution in [2.75, 3.05) is 7.11 Å². The summed E-state index contributed by atoms with van der Waals surface area (Å²) in [6, 6.07) is 25.2. The summed E-state index contributed by atoms with van der Waals surface area (Å²) < 4.78 is 5.65. The molecule has 4 aromatic carbocycles. The molecule has 0 radical (unpaired) electrons. The zero-order valence-electron chi connectivity index (χ0n) is 25.7. The molecule has 44 heavy (non-hydrogen) atoms. The number of aryl methyl sites for hydroxylation is 1. The lowest BCUT2D eigenvalue weighted by Crippen LogP contribution is -2.32. The number of hydrogen-bond acceptors (Lipinski definition) is 5. The molecule has 0 aliphatic heterocycles. The lowest BCUT2D eigenvalue weighted by atomic mass is 9.81. The van der Waals surface area contributed by atoms with Crippen LogP contribution in [0.3, 0.4) is 0 Å². The van der Waals surface area contributed by atoms with Gasteiger partial charge in [-0.3, -0.25) is 0 Å². The molecule has 0 bridgehead atoms. The van der Waals surface area contributed by atoms with E-state index in [4.69, 9.17) is 4.74 Å². The van der Waals surface area contributed by atoms with Crippen LogP contribution in [0.2, 0.25) is 0 Å². The minimum Gasteiger partial charge on any atom is -0.508 e.